The van der Waals surface area contributed by atoms with Crippen molar-refractivity contribution in [1.29, 1.82) is 0 Å². The average Bonchev–Trinajstić information content (AvgIpc) is 2.32. The second kappa shape index (κ2) is 8.32. The summed E-state index contributed by atoms with van der Waals surface area (Å²) in [6.07, 6.45) is -0.643. The van der Waals surface area contributed by atoms with Gasteiger partial charge in [0.2, 0.25) is 11.9 Å². The molecule has 0 rings (SSSR count). The zero-order chi connectivity index (χ0) is 17.5. The first kappa shape index (κ1) is 19.8. The molecule has 0 unspecified atom stereocenters. The lowest BCUT2D eigenvalue weighted by Gasteiger charge is -2.24. The van der Waals surface area contributed by atoms with Crippen molar-refractivity contribution >= 4 is 23.8 Å². The molecule has 0 bridgehead atoms. The standard InChI is InChI=1S/C13H22N2O7/c1-5-21-11(19)9(12(20)22-13(2,3)4)15-10(18)7(14)6-8(16)17/h7,9H,5-6,14H2,1-4H3,(H,15,18)(H,16,17)/t7-,9+/m1/s1. The molecule has 0 saturated carbocycles. The van der Waals surface area contributed by atoms with Crippen LogP contribution in [0.3, 0.4) is 0 Å². The number of carboxylic acid groups (broad SMARTS) is 1. The van der Waals surface area contributed by atoms with Crippen molar-refractivity contribution in [3.05, 3.63) is 0 Å². The molecule has 0 aromatic rings. The lowest BCUT2D eigenvalue weighted by molar-refractivity contribution is -0.166. The lowest BCUT2D eigenvalue weighted by Crippen LogP contribution is -2.54. The van der Waals surface area contributed by atoms with Crippen LogP contribution < -0.4 is 11.1 Å². The number of rotatable bonds is 7. The lowest BCUT2D eigenvalue weighted by atomic mass is 10.1. The largest absolute Gasteiger partial charge is 0.481 e. The highest BCUT2D eigenvalue weighted by Crippen LogP contribution is 2.09. The van der Waals surface area contributed by atoms with E-state index in [0.717, 1.165) is 0 Å². The first-order valence-corrected chi connectivity index (χ1v) is 6.65. The van der Waals surface area contributed by atoms with Gasteiger partial charge in [0.15, 0.2) is 0 Å². The van der Waals surface area contributed by atoms with Gasteiger partial charge in [0.05, 0.1) is 19.1 Å². The number of nitrogens with two attached hydrogens (primary N) is 1. The number of aliphatic carboxylic acids is 1. The molecule has 0 aromatic heterocycles. The first-order valence-electron chi connectivity index (χ1n) is 6.65. The van der Waals surface area contributed by atoms with Crippen LogP contribution in [0.5, 0.6) is 0 Å². The van der Waals surface area contributed by atoms with E-state index in [1.807, 2.05) is 0 Å². The van der Waals surface area contributed by atoms with Gasteiger partial charge in [0.25, 0.3) is 0 Å². The van der Waals surface area contributed by atoms with Gasteiger partial charge >= 0.3 is 17.9 Å². The number of hydrogen-bond acceptors (Lipinski definition) is 7. The molecule has 4 N–H and O–H groups in total. The number of ether oxygens (including phenoxy) is 2. The summed E-state index contributed by atoms with van der Waals surface area (Å²) >= 11 is 0. The Morgan fingerprint density at radius 1 is 1.18 bits per heavy atom. The number of carbonyl (C=O) groups excluding carboxylic acids is 3. The molecule has 1 amide bonds. The van der Waals surface area contributed by atoms with Gasteiger partial charge in [0.1, 0.15) is 5.60 Å². The molecule has 0 spiro atoms. The highest BCUT2D eigenvalue weighted by atomic mass is 16.6. The SMILES string of the molecule is CCOC(=O)[C@H](NC(=O)[C@H](N)CC(=O)O)C(=O)OC(C)(C)C. The molecular weight excluding hydrogens is 296 g/mol. The van der Waals surface area contributed by atoms with Crippen LogP contribution >= 0.6 is 0 Å². The van der Waals surface area contributed by atoms with Crippen LogP contribution in [0.15, 0.2) is 0 Å². The molecule has 0 aromatic carbocycles. The summed E-state index contributed by atoms with van der Waals surface area (Å²) in [5, 5.41) is 10.6. The van der Waals surface area contributed by atoms with E-state index in [4.69, 9.17) is 15.6 Å². The minimum Gasteiger partial charge on any atom is -0.481 e. The molecule has 0 saturated heterocycles. The number of carbonyl (C=O) groups is 4. The minimum absolute atomic E-state index is 0.00478. The third kappa shape index (κ3) is 7.58. The van der Waals surface area contributed by atoms with Crippen molar-refractivity contribution in [3.63, 3.8) is 0 Å². The van der Waals surface area contributed by atoms with Crippen molar-refractivity contribution in [2.45, 2.75) is 51.8 Å². The van der Waals surface area contributed by atoms with Gasteiger partial charge in [-0.25, -0.2) is 9.59 Å². The average molecular weight is 318 g/mol. The van der Waals surface area contributed by atoms with Crippen molar-refractivity contribution in [2.24, 2.45) is 5.73 Å². The molecule has 22 heavy (non-hydrogen) atoms. The van der Waals surface area contributed by atoms with E-state index in [-0.39, 0.29) is 6.61 Å². The third-order valence-corrected chi connectivity index (χ3v) is 2.18. The molecule has 0 aliphatic heterocycles. The Labute approximate surface area is 128 Å². The molecule has 9 nitrogen and oxygen atoms in total. The predicted molar refractivity (Wildman–Crippen MR) is 74.6 cm³/mol. The smallest absolute Gasteiger partial charge is 0.340 e. The summed E-state index contributed by atoms with van der Waals surface area (Å²) in [5.41, 5.74) is 4.49. The van der Waals surface area contributed by atoms with E-state index in [1.165, 1.54) is 6.92 Å². The summed E-state index contributed by atoms with van der Waals surface area (Å²) < 4.78 is 9.71. The van der Waals surface area contributed by atoms with Crippen molar-refractivity contribution < 1.29 is 33.8 Å². The fourth-order valence-corrected chi connectivity index (χ4v) is 1.33. The number of amides is 1. The summed E-state index contributed by atoms with van der Waals surface area (Å²) in [4.78, 5) is 46.0. The summed E-state index contributed by atoms with van der Waals surface area (Å²) in [5.74, 6) is -4.27. The number of esters is 2. The second-order valence-electron chi connectivity index (χ2n) is 5.43. The number of nitrogens with one attached hydrogen (secondary N) is 1. The molecule has 9 heteroatoms. The van der Waals surface area contributed by atoms with E-state index in [0.29, 0.717) is 0 Å². The van der Waals surface area contributed by atoms with E-state index in [1.54, 1.807) is 20.8 Å². The summed E-state index contributed by atoms with van der Waals surface area (Å²) in [6, 6.07) is -3.11. The van der Waals surface area contributed by atoms with Gasteiger partial charge in [-0.15, -0.1) is 0 Å². The Hall–Kier alpha value is -2.16. The van der Waals surface area contributed by atoms with Gasteiger partial charge < -0.3 is 25.6 Å². The Morgan fingerprint density at radius 2 is 1.73 bits per heavy atom. The quantitative estimate of drug-likeness (QED) is 0.407. The molecule has 0 aliphatic rings. The first-order chi connectivity index (χ1) is 9.97. The van der Waals surface area contributed by atoms with Crippen LogP contribution in [-0.2, 0) is 28.7 Å². The van der Waals surface area contributed by atoms with Gasteiger partial charge in [-0.1, -0.05) is 0 Å². The van der Waals surface area contributed by atoms with Gasteiger partial charge in [-0.2, -0.15) is 0 Å². The maximum atomic E-state index is 12.0. The molecule has 0 fully saturated rings. The zero-order valence-corrected chi connectivity index (χ0v) is 13.0. The van der Waals surface area contributed by atoms with E-state index < -0.39 is 47.9 Å². The molecule has 0 heterocycles. The molecule has 0 aliphatic carbocycles. The zero-order valence-electron chi connectivity index (χ0n) is 13.0. The highest BCUT2D eigenvalue weighted by molar-refractivity contribution is 6.03. The fraction of sp³-hybridized carbons (Fsp3) is 0.692. The van der Waals surface area contributed by atoms with Crippen LogP contribution in [0.2, 0.25) is 0 Å². The highest BCUT2D eigenvalue weighted by Gasteiger charge is 2.35. The van der Waals surface area contributed by atoms with E-state index in [2.05, 4.69) is 10.1 Å². The van der Waals surface area contributed by atoms with Crippen LogP contribution in [-0.4, -0.2) is 53.2 Å². The minimum atomic E-state index is -1.70. The summed E-state index contributed by atoms with van der Waals surface area (Å²) in [7, 11) is 0. The Bertz CT molecular complexity index is 442. The van der Waals surface area contributed by atoms with Crippen LogP contribution in [0, 0.1) is 0 Å². The summed E-state index contributed by atoms with van der Waals surface area (Å²) in [6.45, 7) is 6.29. The molecule has 126 valence electrons. The molecule has 0 radical (unpaired) electrons. The Balaban J connectivity index is 5.01. The van der Waals surface area contributed by atoms with Gasteiger partial charge in [-0.05, 0) is 27.7 Å². The normalized spacial score (nSPS) is 13.7. The van der Waals surface area contributed by atoms with Crippen LogP contribution in [0.25, 0.3) is 0 Å². The fourth-order valence-electron chi connectivity index (χ4n) is 1.33. The maximum Gasteiger partial charge on any atom is 0.340 e. The van der Waals surface area contributed by atoms with Gasteiger partial charge in [0, 0.05) is 0 Å². The van der Waals surface area contributed by atoms with Crippen molar-refractivity contribution in [1.82, 2.24) is 5.32 Å². The number of hydrogen-bond donors (Lipinski definition) is 3. The second-order valence-corrected chi connectivity index (χ2v) is 5.43. The van der Waals surface area contributed by atoms with Crippen molar-refractivity contribution in [3.8, 4) is 0 Å². The van der Waals surface area contributed by atoms with Crippen molar-refractivity contribution in [2.75, 3.05) is 6.61 Å². The molecular formula is C13H22N2O7. The van der Waals surface area contributed by atoms with Gasteiger partial charge in [-0.3, -0.25) is 9.59 Å². The van der Waals surface area contributed by atoms with E-state index in [9.17, 15) is 19.2 Å². The van der Waals surface area contributed by atoms with Crippen LogP contribution in [0.1, 0.15) is 34.1 Å². The predicted octanol–water partition coefficient (Wildman–Crippen LogP) is -0.822. The molecule has 2 atom stereocenters. The van der Waals surface area contributed by atoms with E-state index >= 15 is 0 Å². The Morgan fingerprint density at radius 3 is 2.14 bits per heavy atom. The number of carboxylic acids is 1. The Kier molecular flexibility index (Phi) is 7.51. The maximum absolute atomic E-state index is 12.0. The monoisotopic (exact) mass is 318 g/mol. The van der Waals surface area contributed by atoms with Crippen LogP contribution in [0.4, 0.5) is 0 Å². The topological polar surface area (TPSA) is 145 Å². The third-order valence-electron chi connectivity index (χ3n) is 2.18.